The Labute approximate surface area is 273 Å². The van der Waals surface area contributed by atoms with Crippen molar-refractivity contribution in [3.63, 3.8) is 0 Å². The van der Waals surface area contributed by atoms with Crippen LogP contribution < -0.4 is 20.1 Å². The van der Waals surface area contributed by atoms with Crippen molar-refractivity contribution in [3.8, 4) is 11.5 Å². The summed E-state index contributed by atoms with van der Waals surface area (Å²) in [6.07, 6.45) is 11.0. The van der Waals surface area contributed by atoms with Crippen molar-refractivity contribution < 1.29 is 19.3 Å². The number of nitrogens with one attached hydrogen (secondary N) is 2. The zero-order chi connectivity index (χ0) is 32.9. The van der Waals surface area contributed by atoms with Crippen LogP contribution in [0.3, 0.4) is 0 Å². The van der Waals surface area contributed by atoms with E-state index in [4.69, 9.17) is 9.47 Å². The number of nitro groups is 2. The van der Waals surface area contributed by atoms with Gasteiger partial charge in [-0.2, -0.15) is 0 Å². The highest BCUT2D eigenvalue weighted by Crippen LogP contribution is 2.31. The predicted octanol–water partition coefficient (Wildman–Crippen LogP) is 5.32. The van der Waals surface area contributed by atoms with Gasteiger partial charge in [-0.05, 0) is 31.4 Å². The van der Waals surface area contributed by atoms with Crippen molar-refractivity contribution in [2.45, 2.75) is 89.4 Å². The van der Waals surface area contributed by atoms with Crippen molar-refractivity contribution in [2.24, 2.45) is 0 Å². The van der Waals surface area contributed by atoms with Crippen LogP contribution in [0.15, 0.2) is 36.4 Å². The maximum absolute atomic E-state index is 11.6. The van der Waals surface area contributed by atoms with E-state index >= 15 is 0 Å². The molecule has 0 bridgehead atoms. The minimum absolute atomic E-state index is 0.0683. The molecule has 0 spiro atoms. The van der Waals surface area contributed by atoms with Crippen molar-refractivity contribution in [2.75, 3.05) is 53.5 Å². The molecule has 0 amide bonds. The highest BCUT2D eigenvalue weighted by atomic mass is 16.6. The Kier molecular flexibility index (Phi) is 14.0. The molecular formula is C34H52N6O6. The molecule has 4 rings (SSSR count). The molecule has 12 heteroatoms. The van der Waals surface area contributed by atoms with Crippen LogP contribution in [0.2, 0.25) is 0 Å². The summed E-state index contributed by atoms with van der Waals surface area (Å²) in [4.78, 5) is 27.8. The number of benzene rings is 2. The number of nitro benzene ring substituents is 2. The van der Waals surface area contributed by atoms with E-state index < -0.39 is 0 Å². The molecule has 2 N–H and O–H groups in total. The van der Waals surface area contributed by atoms with Crippen LogP contribution in [-0.4, -0.2) is 91.4 Å². The molecule has 46 heavy (non-hydrogen) atoms. The molecule has 2 aliphatic heterocycles. The van der Waals surface area contributed by atoms with Gasteiger partial charge in [0.1, 0.15) is 11.5 Å². The van der Waals surface area contributed by atoms with Gasteiger partial charge in [-0.15, -0.1) is 0 Å². The van der Waals surface area contributed by atoms with Gasteiger partial charge >= 0.3 is 0 Å². The topological polar surface area (TPSA) is 135 Å². The van der Waals surface area contributed by atoms with Crippen LogP contribution in [0.5, 0.6) is 11.5 Å². The first kappa shape index (κ1) is 35.5. The minimum atomic E-state index is -0.351. The van der Waals surface area contributed by atoms with E-state index in [1.54, 1.807) is 38.5 Å². The molecule has 0 saturated carbocycles. The summed E-state index contributed by atoms with van der Waals surface area (Å²) in [6, 6.07) is 9.92. The maximum atomic E-state index is 11.6. The molecule has 2 saturated heterocycles. The van der Waals surface area contributed by atoms with Crippen LogP contribution in [0.4, 0.5) is 11.4 Å². The van der Waals surface area contributed by atoms with Crippen LogP contribution >= 0.6 is 0 Å². The number of hydrogen-bond acceptors (Lipinski definition) is 10. The van der Waals surface area contributed by atoms with Crippen molar-refractivity contribution in [1.29, 1.82) is 0 Å². The number of hydrogen-bond donors (Lipinski definition) is 2. The Morgan fingerprint density at radius 3 is 1.65 bits per heavy atom. The fourth-order valence-electron chi connectivity index (χ4n) is 7.11. The van der Waals surface area contributed by atoms with E-state index in [0.29, 0.717) is 24.3 Å². The fourth-order valence-corrected chi connectivity index (χ4v) is 7.11. The summed E-state index contributed by atoms with van der Waals surface area (Å²) in [5.74, 6) is 1.33. The molecule has 254 valence electrons. The number of methoxy groups -OCH3 is 2. The molecule has 12 nitrogen and oxygen atoms in total. The molecule has 2 unspecified atom stereocenters. The molecule has 2 aromatic rings. The van der Waals surface area contributed by atoms with Gasteiger partial charge in [0.2, 0.25) is 0 Å². The van der Waals surface area contributed by atoms with Gasteiger partial charge in [-0.1, -0.05) is 51.9 Å². The Morgan fingerprint density at radius 1 is 0.761 bits per heavy atom. The van der Waals surface area contributed by atoms with Crippen molar-refractivity contribution >= 4 is 11.4 Å². The molecule has 2 aliphatic rings. The second-order valence-corrected chi connectivity index (χ2v) is 12.5. The van der Waals surface area contributed by atoms with Gasteiger partial charge in [0, 0.05) is 86.7 Å². The molecule has 0 aliphatic carbocycles. The number of non-ortho nitro benzene ring substituents is 2. The zero-order valence-electron chi connectivity index (χ0n) is 27.7. The summed E-state index contributed by atoms with van der Waals surface area (Å²) in [5, 5.41) is 30.4. The Balaban J connectivity index is 1.62. The average Bonchev–Trinajstić information content (AvgIpc) is 3.07. The third kappa shape index (κ3) is 9.60. The normalized spacial score (nSPS) is 19.9. The predicted molar refractivity (Wildman–Crippen MR) is 180 cm³/mol. The lowest BCUT2D eigenvalue weighted by Gasteiger charge is -2.50. The maximum Gasteiger partial charge on any atom is 0.269 e. The van der Waals surface area contributed by atoms with Gasteiger partial charge in [0.15, 0.2) is 0 Å². The van der Waals surface area contributed by atoms with E-state index in [-0.39, 0.29) is 39.5 Å². The summed E-state index contributed by atoms with van der Waals surface area (Å²) in [5.41, 5.74) is 1.81. The highest BCUT2D eigenvalue weighted by Gasteiger charge is 2.37. The van der Waals surface area contributed by atoms with E-state index in [1.807, 2.05) is 0 Å². The lowest BCUT2D eigenvalue weighted by Crippen LogP contribution is -2.65. The SMILES string of the molecule is CCCCCCCCCC(N1CCNCC1Cc1cc([N+](=O)[O-])ccc1OC)N1CCNCC1Cc1cc([N+](=O)[O-])ccc1OC. The van der Waals surface area contributed by atoms with Crippen molar-refractivity contribution in [3.05, 3.63) is 67.8 Å². The zero-order valence-corrected chi connectivity index (χ0v) is 27.7. The second kappa shape index (κ2) is 18.1. The molecule has 2 heterocycles. The smallest absolute Gasteiger partial charge is 0.269 e. The van der Waals surface area contributed by atoms with E-state index in [2.05, 4.69) is 27.4 Å². The van der Waals surface area contributed by atoms with Gasteiger partial charge in [0.05, 0.1) is 30.2 Å². The monoisotopic (exact) mass is 640 g/mol. The Hall–Kier alpha value is -3.32. The van der Waals surface area contributed by atoms with Crippen LogP contribution in [-0.2, 0) is 12.8 Å². The quantitative estimate of drug-likeness (QED) is 0.125. The van der Waals surface area contributed by atoms with Gasteiger partial charge in [-0.25, -0.2) is 0 Å². The minimum Gasteiger partial charge on any atom is -0.496 e. The molecule has 0 radical (unpaired) electrons. The van der Waals surface area contributed by atoms with E-state index in [0.717, 1.165) is 63.2 Å². The lowest BCUT2D eigenvalue weighted by molar-refractivity contribution is -0.385. The third-order valence-corrected chi connectivity index (χ3v) is 9.48. The lowest BCUT2D eigenvalue weighted by atomic mass is 9.96. The first-order valence-corrected chi connectivity index (χ1v) is 16.9. The van der Waals surface area contributed by atoms with E-state index in [1.165, 1.54) is 50.7 Å². The summed E-state index contributed by atoms with van der Waals surface area (Å²) in [7, 11) is 3.22. The Bertz CT molecular complexity index is 1190. The van der Waals surface area contributed by atoms with Gasteiger partial charge in [-0.3, -0.25) is 30.0 Å². The number of piperazine rings is 2. The molecule has 2 aromatic carbocycles. The number of rotatable bonds is 18. The molecular weight excluding hydrogens is 588 g/mol. The molecule has 0 aromatic heterocycles. The first-order chi connectivity index (χ1) is 22.4. The standard InChI is InChI=1S/C34H52N6O6/c1-4-5-6-7-8-9-10-11-34(37-18-16-35-24-30(37)22-26-20-28(39(41)42)12-14-32(26)45-2)38-19-17-36-25-31(38)23-27-21-29(40(43)44)13-15-33(27)46-3/h12-15,20-21,30-31,34-36H,4-11,16-19,22-25H2,1-3H3. The Morgan fingerprint density at radius 2 is 1.22 bits per heavy atom. The fraction of sp³-hybridized carbons (Fsp3) is 0.647. The van der Waals surface area contributed by atoms with E-state index in [9.17, 15) is 20.2 Å². The van der Waals surface area contributed by atoms with Gasteiger partial charge < -0.3 is 20.1 Å². The van der Waals surface area contributed by atoms with Crippen LogP contribution in [0, 0.1) is 20.2 Å². The largest absolute Gasteiger partial charge is 0.496 e. The second-order valence-electron chi connectivity index (χ2n) is 12.5. The average molecular weight is 641 g/mol. The third-order valence-electron chi connectivity index (χ3n) is 9.48. The summed E-state index contributed by atoms with van der Waals surface area (Å²) < 4.78 is 11.3. The summed E-state index contributed by atoms with van der Waals surface area (Å²) in [6.45, 7) is 7.24. The van der Waals surface area contributed by atoms with Gasteiger partial charge in [0.25, 0.3) is 11.4 Å². The van der Waals surface area contributed by atoms with Crippen LogP contribution in [0.1, 0.15) is 69.4 Å². The highest BCUT2D eigenvalue weighted by molar-refractivity contribution is 5.45. The van der Waals surface area contributed by atoms with Crippen molar-refractivity contribution in [1.82, 2.24) is 20.4 Å². The summed E-state index contributed by atoms with van der Waals surface area (Å²) >= 11 is 0. The molecule has 2 fully saturated rings. The number of unbranched alkanes of at least 4 members (excludes halogenated alkanes) is 6. The van der Waals surface area contributed by atoms with Crippen LogP contribution in [0.25, 0.3) is 0 Å². The first-order valence-electron chi connectivity index (χ1n) is 16.9. The molecule has 2 atom stereocenters. The number of ether oxygens (including phenoxy) is 2. The number of nitrogens with zero attached hydrogens (tertiary/aromatic N) is 4.